The SMILES string of the molecule is CC1(CNS(=O)(=O)CCCl)CCCO1. The Balaban J connectivity index is 2.39. The molecule has 0 amide bonds. The van der Waals surface area contributed by atoms with E-state index in [0.29, 0.717) is 13.2 Å². The third-order valence-electron chi connectivity index (χ3n) is 2.31. The third kappa shape index (κ3) is 3.73. The molecule has 1 fully saturated rings. The smallest absolute Gasteiger partial charge is 0.212 e. The first kappa shape index (κ1) is 12.2. The van der Waals surface area contributed by atoms with Crippen LogP contribution < -0.4 is 4.72 Å². The van der Waals surface area contributed by atoms with E-state index in [9.17, 15) is 8.42 Å². The molecule has 1 atom stereocenters. The maximum absolute atomic E-state index is 11.3. The van der Waals surface area contributed by atoms with Crippen molar-refractivity contribution in [2.75, 3.05) is 24.8 Å². The molecule has 1 aliphatic heterocycles. The number of hydrogen-bond donors (Lipinski definition) is 1. The highest BCUT2D eigenvalue weighted by Crippen LogP contribution is 2.24. The van der Waals surface area contributed by atoms with Crippen molar-refractivity contribution in [3.63, 3.8) is 0 Å². The number of ether oxygens (including phenoxy) is 1. The lowest BCUT2D eigenvalue weighted by molar-refractivity contribution is 0.0250. The molecule has 1 rings (SSSR count). The normalized spacial score (nSPS) is 28.1. The molecule has 4 nitrogen and oxygen atoms in total. The second-order valence-electron chi connectivity index (χ2n) is 3.73. The van der Waals surface area contributed by atoms with E-state index in [4.69, 9.17) is 16.3 Å². The zero-order valence-corrected chi connectivity index (χ0v) is 9.83. The van der Waals surface area contributed by atoms with Gasteiger partial charge in [0.2, 0.25) is 10.0 Å². The van der Waals surface area contributed by atoms with Crippen LogP contribution in [0.2, 0.25) is 0 Å². The van der Waals surface area contributed by atoms with Crippen molar-refractivity contribution >= 4 is 21.6 Å². The van der Waals surface area contributed by atoms with E-state index in [-0.39, 0.29) is 17.2 Å². The Morgan fingerprint density at radius 2 is 2.29 bits per heavy atom. The third-order valence-corrected chi connectivity index (χ3v) is 4.05. The van der Waals surface area contributed by atoms with Gasteiger partial charge in [0.25, 0.3) is 0 Å². The van der Waals surface area contributed by atoms with Crippen LogP contribution in [0.15, 0.2) is 0 Å². The fourth-order valence-electron chi connectivity index (χ4n) is 1.41. The van der Waals surface area contributed by atoms with Crippen LogP contribution in [0.1, 0.15) is 19.8 Å². The van der Waals surface area contributed by atoms with Crippen molar-refractivity contribution in [3.05, 3.63) is 0 Å². The van der Waals surface area contributed by atoms with Gasteiger partial charge in [-0.15, -0.1) is 11.6 Å². The minimum atomic E-state index is -3.22. The average Bonchev–Trinajstić information content (AvgIpc) is 2.50. The first-order chi connectivity index (χ1) is 6.47. The Labute approximate surface area is 90.0 Å². The highest BCUT2D eigenvalue weighted by Gasteiger charge is 2.30. The topological polar surface area (TPSA) is 55.4 Å². The molecule has 0 spiro atoms. The summed E-state index contributed by atoms with van der Waals surface area (Å²) >= 11 is 5.37. The van der Waals surface area contributed by atoms with E-state index in [2.05, 4.69) is 4.72 Å². The van der Waals surface area contributed by atoms with Crippen molar-refractivity contribution < 1.29 is 13.2 Å². The van der Waals surface area contributed by atoms with Crippen LogP contribution >= 0.6 is 11.6 Å². The van der Waals surface area contributed by atoms with Crippen molar-refractivity contribution in [3.8, 4) is 0 Å². The summed E-state index contributed by atoms with van der Waals surface area (Å²) in [5.41, 5.74) is -0.334. The lowest BCUT2D eigenvalue weighted by atomic mass is 10.0. The maximum atomic E-state index is 11.3. The molecule has 6 heteroatoms. The molecule has 1 unspecified atom stereocenters. The Bertz CT molecular complexity index is 272. The minimum absolute atomic E-state index is 0.0371. The predicted molar refractivity (Wildman–Crippen MR) is 56.1 cm³/mol. The Morgan fingerprint density at radius 3 is 2.79 bits per heavy atom. The van der Waals surface area contributed by atoms with Gasteiger partial charge in [0.05, 0.1) is 11.4 Å². The van der Waals surface area contributed by atoms with Crippen LogP contribution in [0.3, 0.4) is 0 Å². The molecular formula is C8H16ClNO3S. The standard InChI is InChI=1S/C8H16ClNO3S/c1-8(3-2-5-13-8)7-10-14(11,12)6-4-9/h10H,2-7H2,1H3. The summed E-state index contributed by atoms with van der Waals surface area (Å²) < 4.78 is 30.5. The van der Waals surface area contributed by atoms with Crippen LogP contribution in [0.4, 0.5) is 0 Å². The zero-order valence-electron chi connectivity index (χ0n) is 8.25. The van der Waals surface area contributed by atoms with Crippen LogP contribution in [0.5, 0.6) is 0 Å². The second kappa shape index (κ2) is 4.79. The summed E-state index contributed by atoms with van der Waals surface area (Å²) in [6, 6.07) is 0. The maximum Gasteiger partial charge on any atom is 0.212 e. The van der Waals surface area contributed by atoms with E-state index < -0.39 is 10.0 Å². The van der Waals surface area contributed by atoms with Gasteiger partial charge in [-0.05, 0) is 19.8 Å². The molecule has 0 radical (unpaired) electrons. The van der Waals surface area contributed by atoms with Gasteiger partial charge in [0, 0.05) is 19.0 Å². The molecule has 0 saturated carbocycles. The van der Waals surface area contributed by atoms with E-state index in [0.717, 1.165) is 12.8 Å². The molecule has 1 heterocycles. The fraction of sp³-hybridized carbons (Fsp3) is 1.00. The average molecular weight is 242 g/mol. The van der Waals surface area contributed by atoms with E-state index in [1.807, 2.05) is 6.92 Å². The molecule has 14 heavy (non-hydrogen) atoms. The highest BCUT2D eigenvalue weighted by atomic mass is 35.5. The number of rotatable bonds is 5. The van der Waals surface area contributed by atoms with E-state index >= 15 is 0 Å². The number of alkyl halides is 1. The summed E-state index contributed by atoms with van der Waals surface area (Å²) in [5.74, 6) is 0.0809. The van der Waals surface area contributed by atoms with Gasteiger partial charge in [-0.25, -0.2) is 13.1 Å². The number of hydrogen-bond acceptors (Lipinski definition) is 3. The first-order valence-corrected chi connectivity index (χ1v) is 6.83. The van der Waals surface area contributed by atoms with Crippen molar-refractivity contribution in [1.29, 1.82) is 0 Å². The van der Waals surface area contributed by atoms with Crippen LogP contribution in [0.25, 0.3) is 0 Å². The molecule has 0 aromatic heterocycles. The molecule has 0 bridgehead atoms. The largest absolute Gasteiger partial charge is 0.374 e. The van der Waals surface area contributed by atoms with Crippen LogP contribution in [0, 0.1) is 0 Å². The Morgan fingerprint density at radius 1 is 1.57 bits per heavy atom. The quantitative estimate of drug-likeness (QED) is 0.722. The lowest BCUT2D eigenvalue weighted by Gasteiger charge is -2.23. The summed E-state index contributed by atoms with van der Waals surface area (Å²) in [5, 5.41) is 0. The van der Waals surface area contributed by atoms with Gasteiger partial charge in [-0.1, -0.05) is 0 Å². The number of halogens is 1. The predicted octanol–water partition coefficient (Wildman–Crippen LogP) is 0.714. The molecule has 0 aromatic carbocycles. The molecule has 1 aliphatic rings. The van der Waals surface area contributed by atoms with Gasteiger partial charge in [-0.3, -0.25) is 0 Å². The van der Waals surface area contributed by atoms with E-state index in [1.54, 1.807) is 0 Å². The number of nitrogens with one attached hydrogen (secondary N) is 1. The summed E-state index contributed by atoms with van der Waals surface area (Å²) in [4.78, 5) is 0. The molecule has 0 aliphatic carbocycles. The van der Waals surface area contributed by atoms with Crippen LogP contribution in [-0.4, -0.2) is 38.8 Å². The van der Waals surface area contributed by atoms with Gasteiger partial charge >= 0.3 is 0 Å². The fourth-order valence-corrected chi connectivity index (χ4v) is 2.89. The van der Waals surface area contributed by atoms with Gasteiger partial charge in [0.1, 0.15) is 0 Å². The highest BCUT2D eigenvalue weighted by molar-refractivity contribution is 7.89. The molecular weight excluding hydrogens is 226 g/mol. The number of sulfonamides is 1. The lowest BCUT2D eigenvalue weighted by Crippen LogP contribution is -2.41. The second-order valence-corrected chi connectivity index (χ2v) is 6.04. The zero-order chi connectivity index (χ0) is 10.7. The molecule has 1 saturated heterocycles. The van der Waals surface area contributed by atoms with Crippen molar-refractivity contribution in [2.24, 2.45) is 0 Å². The first-order valence-electron chi connectivity index (χ1n) is 4.65. The molecule has 84 valence electrons. The molecule has 1 N–H and O–H groups in total. The summed E-state index contributed by atoms with van der Waals surface area (Å²) in [7, 11) is -3.22. The Kier molecular flexibility index (Phi) is 4.18. The summed E-state index contributed by atoms with van der Waals surface area (Å²) in [6.45, 7) is 2.98. The van der Waals surface area contributed by atoms with Crippen molar-refractivity contribution in [2.45, 2.75) is 25.4 Å². The van der Waals surface area contributed by atoms with Gasteiger partial charge in [-0.2, -0.15) is 0 Å². The summed E-state index contributed by atoms with van der Waals surface area (Å²) in [6.07, 6.45) is 1.89. The Hall–Kier alpha value is 0.160. The van der Waals surface area contributed by atoms with Gasteiger partial charge < -0.3 is 4.74 Å². The molecule has 0 aromatic rings. The minimum Gasteiger partial charge on any atom is -0.374 e. The van der Waals surface area contributed by atoms with Crippen molar-refractivity contribution in [1.82, 2.24) is 4.72 Å². The monoisotopic (exact) mass is 241 g/mol. The van der Waals surface area contributed by atoms with Crippen LogP contribution in [-0.2, 0) is 14.8 Å². The van der Waals surface area contributed by atoms with E-state index in [1.165, 1.54) is 0 Å². The van der Waals surface area contributed by atoms with Gasteiger partial charge in [0.15, 0.2) is 0 Å².